The number of nitrogens with zero attached hydrogens (tertiary/aromatic N) is 2. The van der Waals surface area contributed by atoms with Crippen molar-refractivity contribution in [2.24, 2.45) is 0 Å². The zero-order valence-corrected chi connectivity index (χ0v) is 14.0. The predicted molar refractivity (Wildman–Crippen MR) is 85.4 cm³/mol. The number of likely N-dealkylation sites (N-methyl/N-ethyl adjacent to an activating group) is 1. The molecule has 1 amide bonds. The zero-order valence-electron chi connectivity index (χ0n) is 13.2. The van der Waals surface area contributed by atoms with Crippen LogP contribution in [0.1, 0.15) is 55.0 Å². The predicted octanol–water partition coefficient (Wildman–Crippen LogP) is 1.93. The van der Waals surface area contributed by atoms with Gasteiger partial charge in [0.05, 0.1) is 11.6 Å². The normalized spacial score (nSPS) is 21.0. The molecular formula is C15H23N3O3S. The van der Waals surface area contributed by atoms with Gasteiger partial charge in [-0.25, -0.2) is 4.98 Å². The fourth-order valence-corrected chi connectivity index (χ4v) is 3.41. The first-order valence-corrected chi connectivity index (χ1v) is 8.50. The summed E-state index contributed by atoms with van der Waals surface area (Å²) in [5, 5.41) is 14.6. The number of aliphatic carboxylic acids is 1. The number of carboxylic acids is 1. The molecule has 2 N–H and O–H groups in total. The van der Waals surface area contributed by atoms with Crippen molar-refractivity contribution in [3.8, 4) is 0 Å². The Labute approximate surface area is 134 Å². The van der Waals surface area contributed by atoms with Gasteiger partial charge in [0.1, 0.15) is 5.69 Å². The average molecular weight is 325 g/mol. The van der Waals surface area contributed by atoms with Crippen LogP contribution >= 0.6 is 11.3 Å². The number of nitrogens with one attached hydrogen (secondary N) is 1. The van der Waals surface area contributed by atoms with Gasteiger partial charge in [0, 0.05) is 23.4 Å². The summed E-state index contributed by atoms with van der Waals surface area (Å²) >= 11 is 1.51. The van der Waals surface area contributed by atoms with E-state index >= 15 is 0 Å². The Morgan fingerprint density at radius 3 is 2.68 bits per heavy atom. The van der Waals surface area contributed by atoms with E-state index in [-0.39, 0.29) is 24.5 Å². The second kappa shape index (κ2) is 7.19. The van der Waals surface area contributed by atoms with E-state index in [9.17, 15) is 9.59 Å². The smallest absolute Gasteiger partial charge is 0.317 e. The van der Waals surface area contributed by atoms with E-state index in [1.54, 1.807) is 5.38 Å². The standard InChI is InChI=1S/C15H23N3O3S/c1-4-18(7-13(19)20)11-5-10(6-11)16-14(21)12-8-22-15(17-12)9(2)3/h8-11H,4-7H2,1-3H3,(H,16,21)(H,19,20). The van der Waals surface area contributed by atoms with Gasteiger partial charge in [-0.15, -0.1) is 11.3 Å². The molecule has 1 aliphatic carbocycles. The van der Waals surface area contributed by atoms with Crippen molar-refractivity contribution in [2.75, 3.05) is 13.1 Å². The summed E-state index contributed by atoms with van der Waals surface area (Å²) in [4.78, 5) is 29.2. The van der Waals surface area contributed by atoms with E-state index in [1.165, 1.54) is 11.3 Å². The molecule has 0 bridgehead atoms. The van der Waals surface area contributed by atoms with E-state index in [4.69, 9.17) is 5.11 Å². The molecule has 7 heteroatoms. The first-order chi connectivity index (χ1) is 10.4. The van der Waals surface area contributed by atoms with E-state index < -0.39 is 5.97 Å². The van der Waals surface area contributed by atoms with E-state index in [1.807, 2.05) is 11.8 Å². The van der Waals surface area contributed by atoms with Gasteiger partial charge in [-0.1, -0.05) is 20.8 Å². The fourth-order valence-electron chi connectivity index (χ4n) is 2.59. The van der Waals surface area contributed by atoms with Crippen LogP contribution in [0, 0.1) is 0 Å². The Morgan fingerprint density at radius 1 is 1.50 bits per heavy atom. The molecule has 0 spiro atoms. The van der Waals surface area contributed by atoms with Gasteiger partial charge < -0.3 is 10.4 Å². The molecule has 0 aliphatic heterocycles. The third-order valence-corrected chi connectivity index (χ3v) is 5.10. The third kappa shape index (κ3) is 4.04. The average Bonchev–Trinajstić information content (AvgIpc) is 2.89. The topological polar surface area (TPSA) is 82.5 Å². The van der Waals surface area contributed by atoms with Gasteiger partial charge in [0.2, 0.25) is 0 Å². The van der Waals surface area contributed by atoms with Crippen molar-refractivity contribution < 1.29 is 14.7 Å². The number of thiazole rings is 1. The summed E-state index contributed by atoms with van der Waals surface area (Å²) in [7, 11) is 0. The van der Waals surface area contributed by atoms with Gasteiger partial charge in [-0.3, -0.25) is 14.5 Å². The Bertz CT molecular complexity index is 538. The van der Waals surface area contributed by atoms with Gasteiger partial charge >= 0.3 is 5.97 Å². The molecule has 0 aromatic carbocycles. The summed E-state index contributed by atoms with van der Waals surface area (Å²) in [6, 6.07) is 0.359. The maximum absolute atomic E-state index is 12.1. The van der Waals surface area contributed by atoms with Crippen LogP contribution in [0.3, 0.4) is 0 Å². The molecule has 22 heavy (non-hydrogen) atoms. The lowest BCUT2D eigenvalue weighted by Crippen LogP contribution is -2.54. The van der Waals surface area contributed by atoms with Crippen LogP contribution in [0.5, 0.6) is 0 Å². The molecule has 1 saturated carbocycles. The van der Waals surface area contributed by atoms with Crippen LogP contribution < -0.4 is 5.32 Å². The summed E-state index contributed by atoms with van der Waals surface area (Å²) in [6.45, 7) is 6.84. The summed E-state index contributed by atoms with van der Waals surface area (Å²) < 4.78 is 0. The highest BCUT2D eigenvalue weighted by atomic mass is 32.1. The Kier molecular flexibility index (Phi) is 5.52. The van der Waals surface area contributed by atoms with Crippen LogP contribution in [-0.2, 0) is 4.79 Å². The number of aromatic nitrogens is 1. The van der Waals surface area contributed by atoms with Gasteiger partial charge in [0.25, 0.3) is 5.91 Å². The molecule has 6 nitrogen and oxygen atoms in total. The van der Waals surface area contributed by atoms with Crippen molar-refractivity contribution in [2.45, 2.75) is 51.6 Å². The molecule has 2 rings (SSSR count). The lowest BCUT2D eigenvalue weighted by molar-refractivity contribution is -0.139. The number of hydrogen-bond acceptors (Lipinski definition) is 5. The van der Waals surface area contributed by atoms with Crippen LogP contribution in [0.15, 0.2) is 5.38 Å². The first kappa shape index (κ1) is 16.9. The molecular weight excluding hydrogens is 302 g/mol. The molecule has 0 radical (unpaired) electrons. The first-order valence-electron chi connectivity index (χ1n) is 7.62. The minimum Gasteiger partial charge on any atom is -0.480 e. The van der Waals surface area contributed by atoms with E-state index in [2.05, 4.69) is 24.1 Å². The highest BCUT2D eigenvalue weighted by Crippen LogP contribution is 2.26. The monoisotopic (exact) mass is 325 g/mol. The Morgan fingerprint density at radius 2 is 2.18 bits per heavy atom. The maximum Gasteiger partial charge on any atom is 0.317 e. The number of amides is 1. The lowest BCUT2D eigenvalue weighted by atomic mass is 9.85. The van der Waals surface area contributed by atoms with Crippen molar-refractivity contribution in [1.29, 1.82) is 0 Å². The van der Waals surface area contributed by atoms with Crippen molar-refractivity contribution in [1.82, 2.24) is 15.2 Å². The molecule has 1 aromatic heterocycles. The molecule has 1 aliphatic rings. The van der Waals surface area contributed by atoms with E-state index in [0.29, 0.717) is 18.2 Å². The van der Waals surface area contributed by atoms with Crippen molar-refractivity contribution in [3.63, 3.8) is 0 Å². The number of carbonyl (C=O) groups is 2. The summed E-state index contributed by atoms with van der Waals surface area (Å²) in [6.07, 6.45) is 1.60. The minimum absolute atomic E-state index is 0.0612. The van der Waals surface area contributed by atoms with Crippen LogP contribution in [0.25, 0.3) is 0 Å². The highest BCUT2D eigenvalue weighted by molar-refractivity contribution is 7.09. The SMILES string of the molecule is CCN(CC(=O)O)C1CC(NC(=O)c2csc(C(C)C)n2)C1. The summed E-state index contributed by atoms with van der Waals surface area (Å²) in [5.74, 6) is -0.611. The molecule has 1 heterocycles. The quantitative estimate of drug-likeness (QED) is 0.800. The Hall–Kier alpha value is -1.47. The summed E-state index contributed by atoms with van der Waals surface area (Å²) in [5.41, 5.74) is 0.482. The number of rotatable bonds is 7. The largest absolute Gasteiger partial charge is 0.480 e. The second-order valence-corrected chi connectivity index (χ2v) is 6.87. The molecule has 122 valence electrons. The molecule has 0 saturated heterocycles. The second-order valence-electron chi connectivity index (χ2n) is 5.98. The lowest BCUT2D eigenvalue weighted by Gasteiger charge is -2.42. The Balaban J connectivity index is 1.81. The van der Waals surface area contributed by atoms with Crippen LogP contribution in [0.4, 0.5) is 0 Å². The maximum atomic E-state index is 12.1. The minimum atomic E-state index is -0.807. The van der Waals surface area contributed by atoms with E-state index in [0.717, 1.165) is 17.8 Å². The zero-order chi connectivity index (χ0) is 16.3. The van der Waals surface area contributed by atoms with Gasteiger partial charge in [-0.05, 0) is 19.4 Å². The van der Waals surface area contributed by atoms with Crippen molar-refractivity contribution in [3.05, 3.63) is 16.1 Å². The van der Waals surface area contributed by atoms with Crippen molar-refractivity contribution >= 4 is 23.2 Å². The molecule has 0 unspecified atom stereocenters. The fraction of sp³-hybridized carbons (Fsp3) is 0.667. The van der Waals surface area contributed by atoms with Gasteiger partial charge in [-0.2, -0.15) is 0 Å². The van der Waals surface area contributed by atoms with Gasteiger partial charge in [0.15, 0.2) is 0 Å². The van der Waals surface area contributed by atoms with Crippen LogP contribution in [-0.4, -0.2) is 52.0 Å². The number of hydrogen-bond donors (Lipinski definition) is 2. The number of carboxylic acid groups (broad SMARTS) is 1. The highest BCUT2D eigenvalue weighted by Gasteiger charge is 2.35. The molecule has 1 aromatic rings. The molecule has 1 fully saturated rings. The number of carbonyl (C=O) groups excluding carboxylic acids is 1. The molecule has 0 atom stereocenters. The van der Waals surface area contributed by atoms with Crippen LogP contribution in [0.2, 0.25) is 0 Å². The third-order valence-electron chi connectivity index (χ3n) is 3.96.